The van der Waals surface area contributed by atoms with Crippen molar-refractivity contribution in [3.63, 3.8) is 0 Å². The number of pyridine rings is 1. The maximum atomic E-state index is 13.1. The highest BCUT2D eigenvalue weighted by Gasteiger charge is 2.33. The summed E-state index contributed by atoms with van der Waals surface area (Å²) < 4.78 is 76.5. The zero-order valence-electron chi connectivity index (χ0n) is 17.9. The van der Waals surface area contributed by atoms with E-state index in [1.807, 2.05) is 6.07 Å². The number of carbonyl (C=O) groups is 1. The third-order valence-corrected chi connectivity index (χ3v) is 5.01. The van der Waals surface area contributed by atoms with E-state index in [0.29, 0.717) is 6.20 Å². The fourth-order valence-electron chi connectivity index (χ4n) is 3.19. The molecule has 0 amide bonds. The number of rotatable bonds is 7. The first kappa shape index (κ1) is 24.9. The lowest BCUT2D eigenvalue weighted by atomic mass is 9.95. The van der Waals surface area contributed by atoms with Gasteiger partial charge in [-0.1, -0.05) is 0 Å². The van der Waals surface area contributed by atoms with Crippen LogP contribution >= 0.6 is 0 Å². The number of ketones is 1. The minimum Gasteiger partial charge on any atom is -0.345 e. The highest BCUT2D eigenvalue weighted by molar-refractivity contribution is 5.94. The minimum absolute atomic E-state index is 0.00676. The lowest BCUT2D eigenvalue weighted by molar-refractivity contribution is -0.138. The number of nitriles is 1. The number of carbonyl (C=O) groups excluding carboxylic acids is 1. The molecule has 180 valence electrons. The molecule has 0 saturated carbocycles. The minimum atomic E-state index is -4.64. The molecule has 0 radical (unpaired) electrons. The van der Waals surface area contributed by atoms with Gasteiger partial charge in [0.25, 0.3) is 0 Å². The molecule has 0 fully saturated rings. The molecule has 0 bridgehead atoms. The van der Waals surface area contributed by atoms with Gasteiger partial charge in [-0.05, 0) is 26.3 Å². The number of H-pyrrole nitrogens is 1. The Balaban J connectivity index is 1.93. The molecule has 3 aromatic rings. The van der Waals surface area contributed by atoms with Crippen molar-refractivity contribution in [3.05, 3.63) is 35.8 Å². The summed E-state index contributed by atoms with van der Waals surface area (Å²) in [4.78, 5) is 27.1. The SMILES string of the molecule is CC(C)(Nc1ncc(C#N)c(-c2c[nH]c3ncc(C(F)(F)F)cc23)n1)C(=O)CCCC(F)(F)F. The van der Waals surface area contributed by atoms with Crippen LogP contribution in [0.3, 0.4) is 0 Å². The Bertz CT molecular complexity index is 1260. The molecule has 3 rings (SSSR count). The summed E-state index contributed by atoms with van der Waals surface area (Å²) in [6.45, 7) is 2.88. The predicted molar refractivity (Wildman–Crippen MR) is 109 cm³/mol. The van der Waals surface area contributed by atoms with Crippen molar-refractivity contribution < 1.29 is 31.1 Å². The predicted octanol–water partition coefficient (Wildman–Crippen LogP) is 5.40. The van der Waals surface area contributed by atoms with Crippen LogP contribution < -0.4 is 5.32 Å². The van der Waals surface area contributed by atoms with E-state index in [1.165, 1.54) is 20.0 Å². The molecule has 0 aliphatic heterocycles. The fraction of sp³-hybridized carbons (Fsp3) is 0.381. The van der Waals surface area contributed by atoms with Crippen LogP contribution in [0.15, 0.2) is 24.7 Å². The van der Waals surface area contributed by atoms with Gasteiger partial charge in [-0.25, -0.2) is 15.0 Å². The van der Waals surface area contributed by atoms with Crippen LogP contribution in [0.5, 0.6) is 0 Å². The maximum absolute atomic E-state index is 13.1. The molecule has 3 heterocycles. The number of nitrogens with one attached hydrogen (secondary N) is 2. The second kappa shape index (κ2) is 8.92. The number of nitrogens with zero attached hydrogens (tertiary/aromatic N) is 4. The largest absolute Gasteiger partial charge is 0.417 e. The Morgan fingerprint density at radius 3 is 2.47 bits per heavy atom. The average molecular weight is 484 g/mol. The van der Waals surface area contributed by atoms with Crippen molar-refractivity contribution in [2.24, 2.45) is 0 Å². The summed E-state index contributed by atoms with van der Waals surface area (Å²) in [5.41, 5.74) is -2.09. The number of alkyl halides is 6. The third kappa shape index (κ3) is 5.62. The quantitative estimate of drug-likeness (QED) is 0.435. The number of Topliss-reactive ketones (excluding diaryl/α,β-unsaturated/α-hetero) is 1. The van der Waals surface area contributed by atoms with Crippen molar-refractivity contribution in [2.75, 3.05) is 5.32 Å². The van der Waals surface area contributed by atoms with Crippen molar-refractivity contribution in [2.45, 2.75) is 51.0 Å². The van der Waals surface area contributed by atoms with E-state index in [1.54, 1.807) is 0 Å². The van der Waals surface area contributed by atoms with Gasteiger partial charge in [-0.2, -0.15) is 31.6 Å². The molecule has 7 nitrogen and oxygen atoms in total. The first-order valence-electron chi connectivity index (χ1n) is 9.91. The van der Waals surface area contributed by atoms with Crippen molar-refractivity contribution >= 4 is 22.8 Å². The van der Waals surface area contributed by atoms with E-state index in [0.717, 1.165) is 12.3 Å². The molecule has 0 aromatic carbocycles. The van der Waals surface area contributed by atoms with Crippen LogP contribution in [0.2, 0.25) is 0 Å². The Morgan fingerprint density at radius 1 is 1.15 bits per heavy atom. The van der Waals surface area contributed by atoms with Gasteiger partial charge in [-0.3, -0.25) is 4.79 Å². The second-order valence-electron chi connectivity index (χ2n) is 8.03. The standard InChI is InChI=1S/C21H18F6N6O/c1-19(2,15(34)4-3-5-20(22,23)24)33-18-31-8-11(7-28)16(32-18)14-10-30-17-13(14)6-12(9-29-17)21(25,26)27/h6,8-10H,3-5H2,1-2H3,(H,29,30)(H,31,32,33). The van der Waals surface area contributed by atoms with E-state index in [2.05, 4.69) is 25.3 Å². The van der Waals surface area contributed by atoms with Gasteiger partial charge < -0.3 is 10.3 Å². The Labute approximate surface area is 189 Å². The van der Waals surface area contributed by atoms with Crippen LogP contribution in [0, 0.1) is 11.3 Å². The maximum Gasteiger partial charge on any atom is 0.417 e. The molecule has 3 aromatic heterocycles. The Kier molecular flexibility index (Phi) is 6.55. The van der Waals surface area contributed by atoms with E-state index in [9.17, 15) is 36.4 Å². The first-order valence-corrected chi connectivity index (χ1v) is 9.91. The van der Waals surface area contributed by atoms with Crippen molar-refractivity contribution in [1.82, 2.24) is 19.9 Å². The van der Waals surface area contributed by atoms with Crippen LogP contribution in [0.25, 0.3) is 22.3 Å². The lowest BCUT2D eigenvalue weighted by Gasteiger charge is -2.25. The molecule has 0 aliphatic carbocycles. The van der Waals surface area contributed by atoms with Crippen LogP contribution in [0.4, 0.5) is 32.3 Å². The highest BCUT2D eigenvalue weighted by Crippen LogP contribution is 2.35. The number of aromatic nitrogens is 4. The molecule has 0 unspecified atom stereocenters. The zero-order chi connectivity index (χ0) is 25.3. The summed E-state index contributed by atoms with van der Waals surface area (Å²) in [5, 5.41) is 12.2. The molecule has 2 N–H and O–H groups in total. The van der Waals surface area contributed by atoms with Gasteiger partial charge in [0.05, 0.1) is 28.6 Å². The summed E-state index contributed by atoms with van der Waals surface area (Å²) in [6.07, 6.45) is -7.67. The van der Waals surface area contributed by atoms with Gasteiger partial charge in [-0.15, -0.1) is 0 Å². The van der Waals surface area contributed by atoms with Gasteiger partial charge in [0, 0.05) is 36.2 Å². The second-order valence-corrected chi connectivity index (χ2v) is 8.03. The van der Waals surface area contributed by atoms with E-state index < -0.39 is 35.7 Å². The summed E-state index contributed by atoms with van der Waals surface area (Å²) in [6, 6.07) is 2.74. The number of fused-ring (bicyclic) bond motifs is 1. The molecule has 13 heteroatoms. The molecule has 0 atom stereocenters. The number of hydrogen-bond donors (Lipinski definition) is 2. The number of hydrogen-bond acceptors (Lipinski definition) is 6. The number of anilines is 1. The molecular weight excluding hydrogens is 466 g/mol. The van der Waals surface area contributed by atoms with Gasteiger partial charge in [0.1, 0.15) is 11.7 Å². The van der Waals surface area contributed by atoms with E-state index in [4.69, 9.17) is 0 Å². The monoisotopic (exact) mass is 484 g/mol. The molecule has 0 saturated heterocycles. The van der Waals surface area contributed by atoms with Gasteiger partial charge >= 0.3 is 12.4 Å². The van der Waals surface area contributed by atoms with E-state index >= 15 is 0 Å². The van der Waals surface area contributed by atoms with Gasteiger partial charge in [0.15, 0.2) is 5.78 Å². The van der Waals surface area contributed by atoms with E-state index in [-0.39, 0.29) is 46.6 Å². The fourth-order valence-corrected chi connectivity index (χ4v) is 3.19. The third-order valence-electron chi connectivity index (χ3n) is 5.01. The van der Waals surface area contributed by atoms with Crippen molar-refractivity contribution in [1.29, 1.82) is 5.26 Å². The normalized spacial score (nSPS) is 12.6. The van der Waals surface area contributed by atoms with Gasteiger partial charge in [0.2, 0.25) is 5.95 Å². The van der Waals surface area contributed by atoms with Crippen LogP contribution in [0.1, 0.15) is 44.2 Å². The summed E-state index contributed by atoms with van der Waals surface area (Å²) in [7, 11) is 0. The molecule has 34 heavy (non-hydrogen) atoms. The number of aromatic amines is 1. The topological polar surface area (TPSA) is 107 Å². The van der Waals surface area contributed by atoms with Crippen LogP contribution in [-0.4, -0.2) is 37.4 Å². The highest BCUT2D eigenvalue weighted by atomic mass is 19.4. The molecular formula is C21H18F6N6O. The summed E-state index contributed by atoms with van der Waals surface area (Å²) >= 11 is 0. The van der Waals surface area contributed by atoms with Crippen molar-refractivity contribution in [3.8, 4) is 17.3 Å². The Morgan fingerprint density at radius 2 is 1.85 bits per heavy atom. The lowest BCUT2D eigenvalue weighted by Crippen LogP contribution is -2.40. The first-order chi connectivity index (χ1) is 15.7. The smallest absolute Gasteiger partial charge is 0.345 e. The summed E-state index contributed by atoms with van der Waals surface area (Å²) in [5.74, 6) is -0.644. The Hall–Kier alpha value is -3.69. The molecule has 0 aliphatic rings. The van der Waals surface area contributed by atoms with Crippen LogP contribution in [-0.2, 0) is 11.0 Å². The number of halogens is 6. The molecule has 0 spiro atoms. The zero-order valence-corrected chi connectivity index (χ0v) is 17.9. The average Bonchev–Trinajstić information content (AvgIpc) is 3.15.